The molecule has 0 radical (unpaired) electrons. The zero-order chi connectivity index (χ0) is 13.9. The summed E-state index contributed by atoms with van der Waals surface area (Å²) in [5.41, 5.74) is 0. The molecule has 2 unspecified atom stereocenters. The fourth-order valence-electron chi connectivity index (χ4n) is 2.24. The van der Waals surface area contributed by atoms with E-state index in [0.717, 1.165) is 24.1 Å². The number of thiophene rings is 1. The Labute approximate surface area is 119 Å². The average Bonchev–Trinajstić information content (AvgIpc) is 2.91. The van der Waals surface area contributed by atoms with E-state index in [-0.39, 0.29) is 17.9 Å². The first-order valence-corrected chi connectivity index (χ1v) is 9.10. The molecule has 1 fully saturated rings. The maximum Gasteiger partial charge on any atom is 0.216 e. The van der Waals surface area contributed by atoms with Gasteiger partial charge < -0.3 is 4.74 Å². The van der Waals surface area contributed by atoms with Gasteiger partial charge in [0.05, 0.1) is 17.9 Å². The Morgan fingerprint density at radius 2 is 2.32 bits per heavy atom. The molecule has 1 aliphatic rings. The summed E-state index contributed by atoms with van der Waals surface area (Å²) in [5, 5.41) is 1.97. The number of sulfonamides is 1. The van der Waals surface area contributed by atoms with Crippen molar-refractivity contribution >= 4 is 21.4 Å². The van der Waals surface area contributed by atoms with E-state index in [9.17, 15) is 8.42 Å². The Balaban J connectivity index is 2.01. The minimum absolute atomic E-state index is 0.0964. The lowest BCUT2D eigenvalue weighted by Gasteiger charge is -2.28. The molecule has 1 aliphatic heterocycles. The van der Waals surface area contributed by atoms with Crippen LogP contribution in [-0.4, -0.2) is 38.2 Å². The molecule has 1 aromatic rings. The third-order valence-corrected chi connectivity index (χ3v) is 6.64. The van der Waals surface area contributed by atoms with Gasteiger partial charge in [0.25, 0.3) is 0 Å². The topological polar surface area (TPSA) is 46.6 Å². The predicted molar refractivity (Wildman–Crippen MR) is 77.9 cm³/mol. The number of rotatable bonds is 5. The Hall–Kier alpha value is -0.430. The van der Waals surface area contributed by atoms with Crippen molar-refractivity contribution in [3.8, 4) is 0 Å². The number of hydrogen-bond acceptors (Lipinski definition) is 4. The van der Waals surface area contributed by atoms with Crippen molar-refractivity contribution in [2.24, 2.45) is 0 Å². The average molecular weight is 303 g/mol. The SMILES string of the molecule is CC(c1cccs1)N(C)S(=O)(=O)CC1CCCCO1. The van der Waals surface area contributed by atoms with Crippen LogP contribution >= 0.6 is 11.3 Å². The van der Waals surface area contributed by atoms with Crippen molar-refractivity contribution in [2.75, 3.05) is 19.4 Å². The lowest BCUT2D eigenvalue weighted by Crippen LogP contribution is -2.37. The third-order valence-electron chi connectivity index (χ3n) is 3.61. The van der Waals surface area contributed by atoms with E-state index < -0.39 is 10.0 Å². The first-order chi connectivity index (χ1) is 9.00. The zero-order valence-electron chi connectivity index (χ0n) is 11.4. The minimum atomic E-state index is -3.27. The monoisotopic (exact) mass is 303 g/mol. The molecule has 108 valence electrons. The van der Waals surface area contributed by atoms with Crippen molar-refractivity contribution in [2.45, 2.75) is 38.3 Å². The third kappa shape index (κ3) is 3.78. The summed E-state index contributed by atoms with van der Waals surface area (Å²) in [6, 6.07) is 3.80. The van der Waals surface area contributed by atoms with E-state index in [2.05, 4.69) is 0 Å². The van der Waals surface area contributed by atoms with Crippen LogP contribution in [0.4, 0.5) is 0 Å². The zero-order valence-corrected chi connectivity index (χ0v) is 13.0. The maximum absolute atomic E-state index is 12.4. The van der Waals surface area contributed by atoms with Gasteiger partial charge in [-0.2, -0.15) is 4.31 Å². The quantitative estimate of drug-likeness (QED) is 0.840. The van der Waals surface area contributed by atoms with E-state index in [1.807, 2.05) is 24.4 Å². The van der Waals surface area contributed by atoms with Crippen LogP contribution in [0, 0.1) is 0 Å². The van der Waals surface area contributed by atoms with Crippen molar-refractivity contribution in [3.05, 3.63) is 22.4 Å². The number of ether oxygens (including phenoxy) is 1. The summed E-state index contributed by atoms with van der Waals surface area (Å²) < 4.78 is 31.8. The smallest absolute Gasteiger partial charge is 0.216 e. The summed E-state index contributed by atoms with van der Waals surface area (Å²) >= 11 is 1.58. The Morgan fingerprint density at radius 1 is 1.53 bits per heavy atom. The van der Waals surface area contributed by atoms with Crippen LogP contribution in [0.15, 0.2) is 17.5 Å². The van der Waals surface area contributed by atoms with Gasteiger partial charge in [-0.3, -0.25) is 0 Å². The Morgan fingerprint density at radius 3 is 2.89 bits per heavy atom. The van der Waals surface area contributed by atoms with Crippen LogP contribution in [0.2, 0.25) is 0 Å². The molecule has 2 rings (SSSR count). The Bertz CT molecular complexity index is 478. The number of nitrogens with zero attached hydrogens (tertiary/aromatic N) is 1. The van der Waals surface area contributed by atoms with Crippen molar-refractivity contribution < 1.29 is 13.2 Å². The summed E-state index contributed by atoms with van der Waals surface area (Å²) in [4.78, 5) is 1.07. The van der Waals surface area contributed by atoms with Gasteiger partial charge in [0, 0.05) is 18.5 Å². The van der Waals surface area contributed by atoms with Gasteiger partial charge in [-0.05, 0) is 37.6 Å². The van der Waals surface area contributed by atoms with Gasteiger partial charge in [-0.1, -0.05) is 6.07 Å². The molecule has 0 N–H and O–H groups in total. The van der Waals surface area contributed by atoms with Crippen LogP contribution in [0.1, 0.15) is 37.1 Å². The summed E-state index contributed by atoms with van der Waals surface area (Å²) in [5.74, 6) is 0.0964. The van der Waals surface area contributed by atoms with E-state index >= 15 is 0 Å². The second-order valence-corrected chi connectivity index (χ2v) is 8.03. The molecular formula is C13H21NO3S2. The molecule has 2 atom stereocenters. The highest BCUT2D eigenvalue weighted by atomic mass is 32.2. The molecule has 0 spiro atoms. The van der Waals surface area contributed by atoms with Gasteiger partial charge in [-0.25, -0.2) is 8.42 Å². The molecule has 1 saturated heterocycles. The predicted octanol–water partition coefficient (Wildman–Crippen LogP) is 2.64. The van der Waals surface area contributed by atoms with Gasteiger partial charge >= 0.3 is 0 Å². The van der Waals surface area contributed by atoms with Crippen LogP contribution in [-0.2, 0) is 14.8 Å². The van der Waals surface area contributed by atoms with Gasteiger partial charge in [0.1, 0.15) is 0 Å². The molecule has 0 amide bonds. The van der Waals surface area contributed by atoms with Gasteiger partial charge in [-0.15, -0.1) is 11.3 Å². The molecular weight excluding hydrogens is 282 g/mol. The minimum Gasteiger partial charge on any atom is -0.377 e. The van der Waals surface area contributed by atoms with E-state index in [4.69, 9.17) is 4.74 Å². The van der Waals surface area contributed by atoms with Crippen LogP contribution in [0.25, 0.3) is 0 Å². The second kappa shape index (κ2) is 6.35. The molecule has 6 heteroatoms. The highest BCUT2D eigenvalue weighted by molar-refractivity contribution is 7.89. The van der Waals surface area contributed by atoms with Crippen molar-refractivity contribution in [3.63, 3.8) is 0 Å². The van der Waals surface area contributed by atoms with E-state index in [1.165, 1.54) is 4.31 Å². The van der Waals surface area contributed by atoms with Gasteiger partial charge in [0.15, 0.2) is 0 Å². The largest absolute Gasteiger partial charge is 0.377 e. The van der Waals surface area contributed by atoms with E-state index in [0.29, 0.717) is 6.61 Å². The summed E-state index contributed by atoms with van der Waals surface area (Å²) in [7, 11) is -1.61. The van der Waals surface area contributed by atoms with Crippen molar-refractivity contribution in [1.29, 1.82) is 0 Å². The molecule has 0 aliphatic carbocycles. The second-order valence-electron chi connectivity index (χ2n) is 4.97. The van der Waals surface area contributed by atoms with Crippen molar-refractivity contribution in [1.82, 2.24) is 4.31 Å². The van der Waals surface area contributed by atoms with E-state index in [1.54, 1.807) is 18.4 Å². The normalized spacial score (nSPS) is 22.6. The molecule has 0 aromatic carbocycles. The first kappa shape index (κ1) is 15.0. The Kier molecular flexibility index (Phi) is 5.00. The number of hydrogen-bond donors (Lipinski definition) is 0. The standard InChI is InChI=1S/C13H21NO3S2/c1-11(13-7-5-9-18-13)14(2)19(15,16)10-12-6-3-4-8-17-12/h5,7,9,11-12H,3-4,6,8,10H2,1-2H3. The molecule has 4 nitrogen and oxygen atoms in total. The molecule has 2 heterocycles. The molecule has 0 saturated carbocycles. The maximum atomic E-state index is 12.4. The fourth-order valence-corrected chi connectivity index (χ4v) is 4.70. The summed E-state index contributed by atoms with van der Waals surface area (Å²) in [6.45, 7) is 2.61. The van der Waals surface area contributed by atoms with Crippen LogP contribution in [0.5, 0.6) is 0 Å². The van der Waals surface area contributed by atoms with Crippen LogP contribution in [0.3, 0.4) is 0 Å². The highest BCUT2D eigenvalue weighted by Crippen LogP contribution is 2.26. The van der Waals surface area contributed by atoms with Crippen LogP contribution < -0.4 is 0 Å². The molecule has 1 aromatic heterocycles. The highest BCUT2D eigenvalue weighted by Gasteiger charge is 2.29. The summed E-state index contributed by atoms with van der Waals surface area (Å²) in [6.07, 6.45) is 2.81. The molecule has 0 bridgehead atoms. The lowest BCUT2D eigenvalue weighted by atomic mass is 10.1. The molecule has 19 heavy (non-hydrogen) atoms. The van der Waals surface area contributed by atoms with Gasteiger partial charge in [0.2, 0.25) is 10.0 Å². The lowest BCUT2D eigenvalue weighted by molar-refractivity contribution is 0.0298. The first-order valence-electron chi connectivity index (χ1n) is 6.61. The fraction of sp³-hybridized carbons (Fsp3) is 0.692.